The first-order valence-electron chi connectivity index (χ1n) is 4.35. The highest BCUT2D eigenvalue weighted by Crippen LogP contribution is 2.42. The smallest absolute Gasteiger partial charge is 0.0769 e. The van der Waals surface area contributed by atoms with Crippen molar-refractivity contribution in [2.24, 2.45) is 0 Å². The van der Waals surface area contributed by atoms with Crippen LogP contribution in [0.1, 0.15) is 13.8 Å². The third-order valence-electron chi connectivity index (χ3n) is 2.25. The highest BCUT2D eigenvalue weighted by molar-refractivity contribution is 14.0. The standard InChI is InChI=1S/C10H13NS.HI/c1-3-11-8(2)12-10-7-5-4-6-9(10)11;/h4-8H,3H2,1-2H3;1H. The van der Waals surface area contributed by atoms with Crippen LogP contribution in [-0.2, 0) is 0 Å². The number of fused-ring (bicyclic) bond motifs is 1. The Morgan fingerprint density at radius 2 is 2.08 bits per heavy atom. The van der Waals surface area contributed by atoms with E-state index in [0.29, 0.717) is 5.37 Å². The van der Waals surface area contributed by atoms with Crippen LogP contribution in [0.15, 0.2) is 29.2 Å². The number of benzene rings is 1. The van der Waals surface area contributed by atoms with E-state index < -0.39 is 0 Å². The molecule has 0 amide bonds. The fourth-order valence-electron chi connectivity index (χ4n) is 1.66. The molecular formula is C10H14INS. The zero-order valence-corrected chi connectivity index (χ0v) is 11.0. The van der Waals surface area contributed by atoms with E-state index >= 15 is 0 Å². The van der Waals surface area contributed by atoms with E-state index in [1.54, 1.807) is 0 Å². The second kappa shape index (κ2) is 4.55. The average Bonchev–Trinajstić information content (AvgIpc) is 2.40. The van der Waals surface area contributed by atoms with Gasteiger partial charge >= 0.3 is 0 Å². The van der Waals surface area contributed by atoms with Crippen molar-refractivity contribution in [2.75, 3.05) is 11.4 Å². The van der Waals surface area contributed by atoms with Crippen molar-refractivity contribution in [3.63, 3.8) is 0 Å². The Morgan fingerprint density at radius 1 is 1.38 bits per heavy atom. The van der Waals surface area contributed by atoms with E-state index in [0.717, 1.165) is 6.54 Å². The van der Waals surface area contributed by atoms with Crippen molar-refractivity contribution in [2.45, 2.75) is 24.1 Å². The summed E-state index contributed by atoms with van der Waals surface area (Å²) in [5, 5.41) is 0.604. The summed E-state index contributed by atoms with van der Waals surface area (Å²) in [4.78, 5) is 3.85. The lowest BCUT2D eigenvalue weighted by atomic mass is 10.3. The minimum atomic E-state index is 0. The van der Waals surface area contributed by atoms with Gasteiger partial charge in [0.1, 0.15) is 0 Å². The molecule has 0 fully saturated rings. The van der Waals surface area contributed by atoms with E-state index in [2.05, 4.69) is 43.0 Å². The van der Waals surface area contributed by atoms with Gasteiger partial charge in [-0.25, -0.2) is 0 Å². The van der Waals surface area contributed by atoms with Crippen LogP contribution >= 0.6 is 35.7 Å². The molecule has 72 valence electrons. The maximum Gasteiger partial charge on any atom is 0.0769 e. The van der Waals surface area contributed by atoms with Crippen LogP contribution in [0.4, 0.5) is 5.69 Å². The van der Waals surface area contributed by atoms with Gasteiger partial charge in [-0.2, -0.15) is 0 Å². The van der Waals surface area contributed by atoms with Gasteiger partial charge in [0.25, 0.3) is 0 Å². The van der Waals surface area contributed by atoms with Gasteiger partial charge in [0.15, 0.2) is 0 Å². The van der Waals surface area contributed by atoms with Crippen molar-refractivity contribution in [1.29, 1.82) is 0 Å². The Morgan fingerprint density at radius 3 is 2.77 bits per heavy atom. The molecule has 1 aliphatic heterocycles. The van der Waals surface area contributed by atoms with Gasteiger partial charge < -0.3 is 4.90 Å². The Bertz CT molecular complexity index is 290. The van der Waals surface area contributed by atoms with Crippen LogP contribution in [0.5, 0.6) is 0 Å². The summed E-state index contributed by atoms with van der Waals surface area (Å²) >= 11 is 1.95. The number of para-hydroxylation sites is 1. The molecule has 0 spiro atoms. The van der Waals surface area contributed by atoms with Crippen molar-refractivity contribution < 1.29 is 0 Å². The summed E-state index contributed by atoms with van der Waals surface area (Å²) in [7, 11) is 0. The first-order chi connectivity index (χ1) is 5.83. The zero-order chi connectivity index (χ0) is 8.55. The Hall–Kier alpha value is 0.1000. The van der Waals surface area contributed by atoms with Crippen molar-refractivity contribution in [3.8, 4) is 0 Å². The second-order valence-electron chi connectivity index (χ2n) is 2.97. The Labute approximate surface area is 101 Å². The molecule has 0 radical (unpaired) electrons. The predicted octanol–water partition coefficient (Wildman–Crippen LogP) is 3.58. The summed E-state index contributed by atoms with van der Waals surface area (Å²) in [6, 6.07) is 8.62. The molecule has 1 unspecified atom stereocenters. The molecule has 0 bridgehead atoms. The Kier molecular flexibility index (Phi) is 3.91. The summed E-state index contributed by atoms with van der Waals surface area (Å²) in [6.45, 7) is 5.57. The molecule has 0 N–H and O–H groups in total. The number of hydrogen-bond donors (Lipinski definition) is 0. The summed E-state index contributed by atoms with van der Waals surface area (Å²) in [5.41, 5.74) is 1.40. The average molecular weight is 307 g/mol. The summed E-state index contributed by atoms with van der Waals surface area (Å²) < 4.78 is 0. The first kappa shape index (κ1) is 11.2. The highest BCUT2D eigenvalue weighted by atomic mass is 127. The van der Waals surface area contributed by atoms with Crippen molar-refractivity contribution >= 4 is 41.4 Å². The van der Waals surface area contributed by atoms with Gasteiger partial charge in [0.05, 0.1) is 11.1 Å². The van der Waals surface area contributed by atoms with Crippen molar-refractivity contribution in [1.82, 2.24) is 0 Å². The fraction of sp³-hybridized carbons (Fsp3) is 0.400. The zero-order valence-electron chi connectivity index (χ0n) is 7.86. The van der Waals surface area contributed by atoms with E-state index in [-0.39, 0.29) is 24.0 Å². The minimum Gasteiger partial charge on any atom is -0.359 e. The van der Waals surface area contributed by atoms with E-state index in [9.17, 15) is 0 Å². The molecule has 0 saturated carbocycles. The van der Waals surface area contributed by atoms with Crippen molar-refractivity contribution in [3.05, 3.63) is 24.3 Å². The molecule has 3 heteroatoms. The quantitative estimate of drug-likeness (QED) is 0.730. The Balaban J connectivity index is 0.000000845. The van der Waals surface area contributed by atoms with Gasteiger partial charge in [0.2, 0.25) is 0 Å². The largest absolute Gasteiger partial charge is 0.359 e. The lowest BCUT2D eigenvalue weighted by Crippen LogP contribution is -2.25. The van der Waals surface area contributed by atoms with Gasteiger partial charge in [0, 0.05) is 11.4 Å². The topological polar surface area (TPSA) is 3.24 Å². The summed E-state index contributed by atoms with van der Waals surface area (Å²) in [5.74, 6) is 0. The molecule has 0 aromatic heterocycles. The maximum atomic E-state index is 2.43. The predicted molar refractivity (Wildman–Crippen MR) is 70.2 cm³/mol. The lowest BCUT2D eigenvalue weighted by Gasteiger charge is -2.21. The summed E-state index contributed by atoms with van der Waals surface area (Å²) in [6.07, 6.45) is 0. The number of rotatable bonds is 1. The molecule has 1 nitrogen and oxygen atoms in total. The third-order valence-corrected chi connectivity index (χ3v) is 3.45. The first-order valence-corrected chi connectivity index (χ1v) is 5.23. The van der Waals surface area contributed by atoms with Crippen LogP contribution in [0.25, 0.3) is 0 Å². The molecule has 13 heavy (non-hydrogen) atoms. The lowest BCUT2D eigenvalue weighted by molar-refractivity contribution is 0.834. The fourth-order valence-corrected chi connectivity index (χ4v) is 2.89. The number of hydrogen-bond acceptors (Lipinski definition) is 2. The molecule has 1 atom stereocenters. The van der Waals surface area contributed by atoms with Gasteiger partial charge in [-0.3, -0.25) is 0 Å². The van der Waals surface area contributed by atoms with Crippen LogP contribution in [0.2, 0.25) is 0 Å². The van der Waals surface area contributed by atoms with Crippen LogP contribution in [0, 0.1) is 0 Å². The number of anilines is 1. The molecule has 0 aliphatic carbocycles. The molecule has 1 heterocycles. The molecule has 2 rings (SSSR count). The maximum absolute atomic E-state index is 2.43. The number of halogens is 1. The number of thioether (sulfide) groups is 1. The van der Waals surface area contributed by atoms with Crippen LogP contribution < -0.4 is 4.90 Å². The molecule has 1 aromatic carbocycles. The van der Waals surface area contributed by atoms with Gasteiger partial charge in [-0.15, -0.1) is 24.0 Å². The number of nitrogens with zero attached hydrogens (tertiary/aromatic N) is 1. The van der Waals surface area contributed by atoms with Gasteiger partial charge in [-0.1, -0.05) is 23.9 Å². The minimum absolute atomic E-state index is 0. The monoisotopic (exact) mass is 307 g/mol. The SMILES string of the molecule is CCN1c2ccccc2SC1C.I. The normalized spacial score (nSPS) is 19.5. The van der Waals surface area contributed by atoms with E-state index in [1.807, 2.05) is 11.8 Å². The molecular weight excluding hydrogens is 293 g/mol. The van der Waals surface area contributed by atoms with Crippen LogP contribution in [0.3, 0.4) is 0 Å². The van der Waals surface area contributed by atoms with E-state index in [4.69, 9.17) is 0 Å². The molecule has 0 saturated heterocycles. The van der Waals surface area contributed by atoms with Gasteiger partial charge in [-0.05, 0) is 26.0 Å². The molecule has 1 aliphatic rings. The van der Waals surface area contributed by atoms with E-state index in [1.165, 1.54) is 10.6 Å². The second-order valence-corrected chi connectivity index (χ2v) is 4.33. The van der Waals surface area contributed by atoms with Crippen LogP contribution in [-0.4, -0.2) is 11.9 Å². The highest BCUT2D eigenvalue weighted by Gasteiger charge is 2.24. The third kappa shape index (κ3) is 1.96. The molecule has 1 aromatic rings.